The van der Waals surface area contributed by atoms with Crippen molar-refractivity contribution in [1.29, 1.82) is 0 Å². The van der Waals surface area contributed by atoms with Gasteiger partial charge in [0, 0.05) is 71.7 Å². The van der Waals surface area contributed by atoms with Crippen LogP contribution in [0.5, 0.6) is 0 Å². The summed E-state index contributed by atoms with van der Waals surface area (Å²) in [7, 11) is 0. The third kappa shape index (κ3) is 12.6. The molecule has 0 amide bonds. The lowest BCUT2D eigenvalue weighted by Gasteiger charge is -2.26. The summed E-state index contributed by atoms with van der Waals surface area (Å²) in [5.41, 5.74) is 26.4. The molecular formula is C104H67N5O2. The zero-order valence-corrected chi connectivity index (χ0v) is 60.2. The van der Waals surface area contributed by atoms with Crippen molar-refractivity contribution in [2.45, 2.75) is 0 Å². The van der Waals surface area contributed by atoms with Crippen LogP contribution in [0.15, 0.2) is 415 Å². The summed E-state index contributed by atoms with van der Waals surface area (Å²) in [6.45, 7) is 0. The second-order valence-electron chi connectivity index (χ2n) is 28.0. The van der Waals surface area contributed by atoms with E-state index in [9.17, 15) is 0 Å². The number of hydrogen-bond donors (Lipinski definition) is 0. The van der Waals surface area contributed by atoms with Crippen LogP contribution >= 0.6 is 0 Å². The molecule has 0 aliphatic heterocycles. The van der Waals surface area contributed by atoms with E-state index in [0.717, 1.165) is 172 Å². The maximum absolute atomic E-state index is 6.97. The first kappa shape index (κ1) is 65.6. The number of furan rings is 2. The maximum Gasteiger partial charge on any atom is 0.160 e. The highest BCUT2D eigenvalue weighted by atomic mass is 16.3. The Morgan fingerprint density at radius 2 is 0.595 bits per heavy atom. The Hall–Kier alpha value is -14.9. The molecule has 7 nitrogen and oxygen atoms in total. The van der Waals surface area contributed by atoms with Crippen molar-refractivity contribution in [2.24, 2.45) is 0 Å². The molecule has 0 radical (unpaired) electrons. The molecule has 0 saturated carbocycles. The number of anilines is 3. The van der Waals surface area contributed by atoms with Crippen molar-refractivity contribution in [3.63, 3.8) is 0 Å². The second kappa shape index (κ2) is 28.4. The summed E-state index contributed by atoms with van der Waals surface area (Å²) in [4.78, 5) is 22.8. The molecule has 0 bridgehead atoms. The lowest BCUT2D eigenvalue weighted by atomic mass is 9.91. The first-order chi connectivity index (χ1) is 55.0. The summed E-state index contributed by atoms with van der Waals surface area (Å²) in [5.74, 6) is 1.37. The van der Waals surface area contributed by atoms with Crippen LogP contribution in [0.1, 0.15) is 0 Å². The summed E-state index contributed by atoms with van der Waals surface area (Å²) in [6, 6.07) is 142. The zero-order chi connectivity index (χ0) is 73.6. The van der Waals surface area contributed by atoms with E-state index in [1.165, 1.54) is 22.3 Å². The summed E-state index contributed by atoms with van der Waals surface area (Å²) >= 11 is 0. The fourth-order valence-corrected chi connectivity index (χ4v) is 15.7. The van der Waals surface area contributed by atoms with Gasteiger partial charge < -0.3 is 13.7 Å². The van der Waals surface area contributed by atoms with Crippen molar-refractivity contribution in [1.82, 2.24) is 19.9 Å². The van der Waals surface area contributed by atoms with E-state index in [1.807, 2.05) is 54.6 Å². The molecule has 7 heteroatoms. The van der Waals surface area contributed by atoms with Crippen molar-refractivity contribution < 1.29 is 8.83 Å². The largest absolute Gasteiger partial charge is 0.455 e. The highest BCUT2D eigenvalue weighted by Gasteiger charge is 2.25. The van der Waals surface area contributed by atoms with E-state index in [2.05, 4.69) is 357 Å². The molecule has 0 spiro atoms. The first-order valence-corrected chi connectivity index (χ1v) is 37.5. The Labute approximate surface area is 641 Å². The van der Waals surface area contributed by atoms with Crippen LogP contribution in [-0.4, -0.2) is 19.9 Å². The van der Waals surface area contributed by atoms with Crippen LogP contribution in [0.25, 0.3) is 189 Å². The fraction of sp³-hybridized carbons (Fsp3) is 0. The van der Waals surface area contributed by atoms with Crippen molar-refractivity contribution in [3.05, 3.63) is 406 Å². The van der Waals surface area contributed by atoms with Gasteiger partial charge in [0.1, 0.15) is 16.7 Å². The minimum absolute atomic E-state index is 0.674. The number of aromatic nitrogens is 4. The highest BCUT2D eigenvalue weighted by Crippen LogP contribution is 2.49. The van der Waals surface area contributed by atoms with Crippen LogP contribution in [0.2, 0.25) is 0 Å². The van der Waals surface area contributed by atoms with E-state index < -0.39 is 0 Å². The third-order valence-corrected chi connectivity index (χ3v) is 21.1. The molecule has 0 aliphatic carbocycles. The van der Waals surface area contributed by atoms with Gasteiger partial charge in [-0.2, -0.15) is 0 Å². The smallest absolute Gasteiger partial charge is 0.160 e. The highest BCUT2D eigenvalue weighted by molar-refractivity contribution is 6.25. The number of rotatable bonds is 13. The average molecular weight is 1420 g/mol. The van der Waals surface area contributed by atoms with Gasteiger partial charge in [0.15, 0.2) is 17.2 Å². The van der Waals surface area contributed by atoms with Gasteiger partial charge >= 0.3 is 0 Å². The Balaban J connectivity index is 0.000000146. The molecular weight excluding hydrogens is 1350 g/mol. The number of benzene rings is 17. The quantitative estimate of drug-likeness (QED) is 0.114. The SMILES string of the molecule is c1ccc(-c2cc(-c3ccccc3)cc(-c3cc4ccccc4c4c3oc3ccc(-c5cc(-c6ccccc6)nc(-c6ccccc6)n5)cc34)c2)cc1.c1ccc(-c2ccc(N(c3ccc(-c4ccccc4)cc3)c3cc4ccccc4c4c3oc3ccc(-c5nc(-c6ccccc6)c6ccccc6n5)cc34)cc2)cc1. The molecule has 17 aromatic carbocycles. The lowest BCUT2D eigenvalue weighted by Crippen LogP contribution is -2.10. The zero-order valence-electron chi connectivity index (χ0n) is 60.2. The topological polar surface area (TPSA) is 81.1 Å². The molecule has 4 heterocycles. The van der Waals surface area contributed by atoms with E-state index in [-0.39, 0.29) is 0 Å². The molecule has 21 rings (SSSR count). The monoisotopic (exact) mass is 1420 g/mol. The van der Waals surface area contributed by atoms with Crippen LogP contribution in [-0.2, 0) is 0 Å². The first-order valence-electron chi connectivity index (χ1n) is 37.5. The summed E-state index contributed by atoms with van der Waals surface area (Å²) in [5, 5.41) is 9.82. The number of fused-ring (bicyclic) bond motifs is 11. The van der Waals surface area contributed by atoms with E-state index in [0.29, 0.717) is 11.6 Å². The Morgan fingerprint density at radius 3 is 1.14 bits per heavy atom. The van der Waals surface area contributed by atoms with Gasteiger partial charge in [0.05, 0.1) is 28.3 Å². The molecule has 0 aliphatic rings. The van der Waals surface area contributed by atoms with Crippen LogP contribution in [0.4, 0.5) is 17.1 Å². The Morgan fingerprint density at radius 1 is 0.216 bits per heavy atom. The minimum Gasteiger partial charge on any atom is -0.455 e. The van der Waals surface area contributed by atoms with Gasteiger partial charge in [-0.25, -0.2) is 19.9 Å². The van der Waals surface area contributed by atoms with Gasteiger partial charge in [-0.3, -0.25) is 0 Å². The van der Waals surface area contributed by atoms with Crippen molar-refractivity contribution in [3.8, 4) is 112 Å². The van der Waals surface area contributed by atoms with Crippen molar-refractivity contribution in [2.75, 3.05) is 4.90 Å². The Bertz CT molecular complexity index is 6820. The van der Waals surface area contributed by atoms with Gasteiger partial charge in [-0.15, -0.1) is 0 Å². The fourth-order valence-electron chi connectivity index (χ4n) is 15.7. The normalized spacial score (nSPS) is 11.4. The van der Waals surface area contributed by atoms with Crippen molar-refractivity contribution >= 4 is 93.4 Å². The van der Waals surface area contributed by atoms with Gasteiger partial charge in [-0.05, 0) is 175 Å². The molecule has 0 atom stereocenters. The van der Waals surface area contributed by atoms with E-state index >= 15 is 0 Å². The summed E-state index contributed by atoms with van der Waals surface area (Å²) < 4.78 is 13.9. The van der Waals surface area contributed by atoms with Crippen LogP contribution in [0, 0.1) is 0 Å². The Kier molecular flexibility index (Phi) is 16.8. The lowest BCUT2D eigenvalue weighted by molar-refractivity contribution is 0.669. The molecule has 0 N–H and O–H groups in total. The van der Waals surface area contributed by atoms with E-state index in [1.54, 1.807) is 0 Å². The second-order valence-corrected chi connectivity index (χ2v) is 28.0. The average Bonchev–Trinajstić information content (AvgIpc) is 1.61. The number of nitrogens with zero attached hydrogens (tertiary/aromatic N) is 5. The maximum atomic E-state index is 6.97. The molecule has 0 fully saturated rings. The predicted octanol–water partition coefficient (Wildman–Crippen LogP) is 28.4. The van der Waals surface area contributed by atoms with Crippen LogP contribution in [0.3, 0.4) is 0 Å². The number of para-hydroxylation sites is 1. The van der Waals surface area contributed by atoms with Gasteiger partial charge in [-0.1, -0.05) is 303 Å². The third-order valence-electron chi connectivity index (χ3n) is 21.1. The standard InChI is InChI=1S/C54H35N3O.C50H32N2O/c1-4-14-36(15-5-1)38-24-29-43(30-25-38)57(44-31-26-39(27-32-44)37-16-6-2-7-17-37)49-35-41-20-10-11-21-45(41)51-47-34-42(28-33-50(47)58-53(49)51)54-55-48-23-13-12-22-46(48)52(56-54)40-18-8-3-9-19-40;1-5-15-33(16-6-1)39-27-40(34-17-7-2-8-18-34)29-41(28-39)43-30-37-23-13-14-24-42(37)48-44-31-38(25-26-47(44)53-49(43)48)46-32-45(35-19-9-3-10-20-35)51-50(52-46)36-21-11-4-12-22-36/h1-35H;1-32H. The molecule has 520 valence electrons. The van der Waals surface area contributed by atoms with Gasteiger partial charge in [0.25, 0.3) is 0 Å². The van der Waals surface area contributed by atoms with Gasteiger partial charge in [0.2, 0.25) is 0 Å². The summed E-state index contributed by atoms with van der Waals surface area (Å²) in [6.07, 6.45) is 0. The molecule has 21 aromatic rings. The van der Waals surface area contributed by atoms with Crippen LogP contribution < -0.4 is 4.90 Å². The molecule has 111 heavy (non-hydrogen) atoms. The number of hydrogen-bond acceptors (Lipinski definition) is 7. The molecule has 4 aromatic heterocycles. The molecule has 0 saturated heterocycles. The predicted molar refractivity (Wildman–Crippen MR) is 460 cm³/mol. The van der Waals surface area contributed by atoms with E-state index in [4.69, 9.17) is 28.8 Å². The minimum atomic E-state index is 0.674. The molecule has 0 unspecified atom stereocenters.